The Labute approximate surface area is 127 Å². The van der Waals surface area contributed by atoms with Crippen LogP contribution in [-0.4, -0.2) is 22.2 Å². The van der Waals surface area contributed by atoms with Crippen molar-refractivity contribution in [2.24, 2.45) is 0 Å². The third-order valence-corrected chi connectivity index (χ3v) is 3.21. The molecule has 0 bridgehead atoms. The molecule has 1 aromatic heterocycles. The Morgan fingerprint density at radius 1 is 1.14 bits per heavy atom. The summed E-state index contributed by atoms with van der Waals surface area (Å²) in [5.74, 6) is 0.779. The second-order valence-corrected chi connectivity index (χ2v) is 4.85. The summed E-state index contributed by atoms with van der Waals surface area (Å²) in [6, 6.07) is 13.4. The lowest BCUT2D eigenvalue weighted by Crippen LogP contribution is -2.18. The zero-order valence-electron chi connectivity index (χ0n) is 11.4. The number of anilines is 2. The van der Waals surface area contributed by atoms with Gasteiger partial charge in [-0.25, -0.2) is 4.98 Å². The number of fused-ring (bicyclic) bond motifs is 1. The van der Waals surface area contributed by atoms with Crippen molar-refractivity contribution in [2.45, 2.75) is 0 Å². The van der Waals surface area contributed by atoms with E-state index in [-0.39, 0.29) is 0 Å². The molecule has 6 heteroatoms. The van der Waals surface area contributed by atoms with E-state index >= 15 is 0 Å². The average Bonchev–Trinajstić information content (AvgIpc) is 2.95. The van der Waals surface area contributed by atoms with Crippen LogP contribution >= 0.6 is 12.2 Å². The van der Waals surface area contributed by atoms with Gasteiger partial charge in [-0.3, -0.25) is 0 Å². The second kappa shape index (κ2) is 5.80. The fraction of sp³-hybridized carbons (Fsp3) is 0.0667. The molecule has 2 aromatic carbocycles. The van der Waals surface area contributed by atoms with Crippen LogP contribution in [0.1, 0.15) is 0 Å². The van der Waals surface area contributed by atoms with Gasteiger partial charge in [0.15, 0.2) is 5.11 Å². The number of H-pyrrole nitrogens is 1. The quantitative estimate of drug-likeness (QED) is 0.647. The lowest BCUT2D eigenvalue weighted by Gasteiger charge is -2.11. The minimum Gasteiger partial charge on any atom is -0.497 e. The number of nitrogens with zero attached hydrogens (tertiary/aromatic N) is 1. The highest BCUT2D eigenvalue weighted by Crippen LogP contribution is 2.18. The molecule has 0 radical (unpaired) electrons. The lowest BCUT2D eigenvalue weighted by molar-refractivity contribution is 0.415. The number of ether oxygens (including phenoxy) is 1. The fourth-order valence-electron chi connectivity index (χ4n) is 2.01. The first-order chi connectivity index (χ1) is 10.2. The van der Waals surface area contributed by atoms with Gasteiger partial charge in [-0.05, 0) is 42.5 Å². The van der Waals surface area contributed by atoms with Crippen LogP contribution in [0.25, 0.3) is 11.0 Å². The molecule has 0 aliphatic carbocycles. The second-order valence-electron chi connectivity index (χ2n) is 4.45. The minimum atomic E-state index is 0.516. The molecule has 3 N–H and O–H groups in total. The maximum absolute atomic E-state index is 5.31. The van der Waals surface area contributed by atoms with E-state index in [0.29, 0.717) is 5.11 Å². The van der Waals surface area contributed by atoms with E-state index in [1.54, 1.807) is 13.4 Å². The fourth-order valence-corrected chi connectivity index (χ4v) is 2.24. The highest BCUT2D eigenvalue weighted by atomic mass is 32.1. The predicted octanol–water partition coefficient (Wildman–Crippen LogP) is 3.38. The number of benzene rings is 2. The van der Waals surface area contributed by atoms with Crippen LogP contribution in [0, 0.1) is 0 Å². The van der Waals surface area contributed by atoms with Gasteiger partial charge in [0.05, 0.1) is 24.5 Å². The summed E-state index contributed by atoms with van der Waals surface area (Å²) in [7, 11) is 1.63. The largest absolute Gasteiger partial charge is 0.497 e. The summed E-state index contributed by atoms with van der Waals surface area (Å²) in [5, 5.41) is 6.78. The number of nitrogens with one attached hydrogen (secondary N) is 3. The van der Waals surface area contributed by atoms with Crippen LogP contribution < -0.4 is 15.4 Å². The van der Waals surface area contributed by atoms with Crippen LogP contribution in [-0.2, 0) is 0 Å². The average molecular weight is 298 g/mol. The van der Waals surface area contributed by atoms with Gasteiger partial charge in [0.25, 0.3) is 0 Å². The monoisotopic (exact) mass is 298 g/mol. The van der Waals surface area contributed by atoms with Gasteiger partial charge in [-0.2, -0.15) is 0 Å². The van der Waals surface area contributed by atoms with Crippen LogP contribution in [0.2, 0.25) is 0 Å². The van der Waals surface area contributed by atoms with Crippen LogP contribution in [0.15, 0.2) is 48.8 Å². The normalized spacial score (nSPS) is 10.3. The smallest absolute Gasteiger partial charge is 0.175 e. The van der Waals surface area contributed by atoms with Gasteiger partial charge in [0.1, 0.15) is 5.75 Å². The molecule has 0 fully saturated rings. The van der Waals surface area contributed by atoms with Gasteiger partial charge >= 0.3 is 0 Å². The first-order valence-electron chi connectivity index (χ1n) is 6.40. The molecule has 5 nitrogen and oxygen atoms in total. The van der Waals surface area contributed by atoms with E-state index in [2.05, 4.69) is 20.6 Å². The summed E-state index contributed by atoms with van der Waals surface area (Å²) < 4.78 is 5.18. The van der Waals surface area contributed by atoms with E-state index in [1.165, 1.54) is 0 Å². The Balaban J connectivity index is 1.70. The van der Waals surface area contributed by atoms with E-state index in [4.69, 9.17) is 17.0 Å². The Morgan fingerprint density at radius 2 is 1.95 bits per heavy atom. The Kier molecular flexibility index (Phi) is 3.70. The Morgan fingerprint density at radius 3 is 2.76 bits per heavy atom. The zero-order chi connectivity index (χ0) is 14.7. The third-order valence-electron chi connectivity index (χ3n) is 3.01. The van der Waals surface area contributed by atoms with Crippen LogP contribution in [0.5, 0.6) is 5.75 Å². The Hall–Kier alpha value is -2.60. The molecule has 0 aliphatic heterocycles. The highest BCUT2D eigenvalue weighted by Gasteiger charge is 2.02. The van der Waals surface area contributed by atoms with Crippen molar-refractivity contribution in [3.8, 4) is 5.75 Å². The molecule has 0 spiro atoms. The summed E-state index contributed by atoms with van der Waals surface area (Å²) in [5.41, 5.74) is 3.65. The van der Waals surface area contributed by atoms with Crippen LogP contribution in [0.3, 0.4) is 0 Å². The topological polar surface area (TPSA) is 62.0 Å². The first-order valence-corrected chi connectivity index (χ1v) is 6.80. The molecule has 0 unspecified atom stereocenters. The van der Waals surface area contributed by atoms with Gasteiger partial charge < -0.3 is 20.4 Å². The van der Waals surface area contributed by atoms with Gasteiger partial charge in [0, 0.05) is 17.4 Å². The van der Waals surface area contributed by atoms with Crippen molar-refractivity contribution < 1.29 is 4.74 Å². The number of aromatic nitrogens is 2. The highest BCUT2D eigenvalue weighted by molar-refractivity contribution is 7.80. The molecule has 3 aromatic rings. The van der Waals surface area contributed by atoms with Crippen molar-refractivity contribution in [2.75, 3.05) is 17.7 Å². The Bertz CT molecular complexity index is 784. The van der Waals surface area contributed by atoms with Crippen molar-refractivity contribution in [1.29, 1.82) is 0 Å². The molecule has 3 rings (SSSR count). The number of methoxy groups -OCH3 is 1. The molecule has 0 saturated carbocycles. The number of imidazole rings is 1. The van der Waals surface area contributed by atoms with Crippen molar-refractivity contribution in [3.63, 3.8) is 0 Å². The molecule has 0 atom stereocenters. The van der Waals surface area contributed by atoms with Crippen molar-refractivity contribution in [3.05, 3.63) is 48.8 Å². The number of hydrogen-bond acceptors (Lipinski definition) is 3. The first kappa shape index (κ1) is 13.4. The summed E-state index contributed by atoms with van der Waals surface area (Å²) in [4.78, 5) is 7.25. The van der Waals surface area contributed by atoms with Crippen molar-refractivity contribution in [1.82, 2.24) is 9.97 Å². The standard InChI is InChI=1S/C15H14N4OS/c1-20-12-4-2-3-10(7-12)18-15(21)19-11-5-6-13-14(8-11)17-9-16-13/h2-9H,1H3,(H,16,17)(H2,18,19,21). The van der Waals surface area contributed by atoms with Gasteiger partial charge in [-0.15, -0.1) is 0 Å². The summed E-state index contributed by atoms with van der Waals surface area (Å²) >= 11 is 5.31. The van der Waals surface area contributed by atoms with Crippen LogP contribution in [0.4, 0.5) is 11.4 Å². The number of aromatic amines is 1. The summed E-state index contributed by atoms with van der Waals surface area (Å²) in [6.45, 7) is 0. The third kappa shape index (κ3) is 3.11. The molecule has 0 saturated heterocycles. The van der Waals surface area contributed by atoms with E-state index in [9.17, 15) is 0 Å². The molecule has 0 amide bonds. The van der Waals surface area contributed by atoms with E-state index in [0.717, 1.165) is 28.2 Å². The minimum absolute atomic E-state index is 0.516. The number of hydrogen-bond donors (Lipinski definition) is 3. The van der Waals surface area contributed by atoms with Crippen molar-refractivity contribution >= 4 is 39.7 Å². The predicted molar refractivity (Wildman–Crippen MR) is 88.9 cm³/mol. The molecule has 0 aliphatic rings. The molecule has 21 heavy (non-hydrogen) atoms. The lowest BCUT2D eigenvalue weighted by atomic mass is 10.3. The SMILES string of the molecule is COc1cccc(NC(=S)Nc2ccc3nc[nH]c3c2)c1. The molecular weight excluding hydrogens is 284 g/mol. The van der Waals surface area contributed by atoms with E-state index in [1.807, 2.05) is 42.5 Å². The maximum atomic E-state index is 5.31. The number of rotatable bonds is 3. The van der Waals surface area contributed by atoms with E-state index < -0.39 is 0 Å². The molecule has 1 heterocycles. The maximum Gasteiger partial charge on any atom is 0.175 e. The molecular formula is C15H14N4OS. The zero-order valence-corrected chi connectivity index (χ0v) is 12.2. The number of thiocarbonyl (C=S) groups is 1. The van der Waals surface area contributed by atoms with Gasteiger partial charge in [0.2, 0.25) is 0 Å². The molecule has 106 valence electrons. The van der Waals surface area contributed by atoms with Gasteiger partial charge in [-0.1, -0.05) is 6.07 Å². The summed E-state index contributed by atoms with van der Waals surface area (Å²) in [6.07, 6.45) is 1.67.